The Bertz CT molecular complexity index is 1560. The Morgan fingerprint density at radius 1 is 0.900 bits per heavy atom. The molecule has 40 heavy (non-hydrogen) atoms. The summed E-state index contributed by atoms with van der Waals surface area (Å²) in [6.45, 7) is 4.86. The van der Waals surface area contributed by atoms with Crippen LogP contribution < -0.4 is 19.5 Å². The van der Waals surface area contributed by atoms with E-state index < -0.39 is 5.91 Å². The molecule has 202 valence electrons. The zero-order chi connectivity index (χ0) is 28.5. The third-order valence-electron chi connectivity index (χ3n) is 6.24. The van der Waals surface area contributed by atoms with E-state index in [1.807, 2.05) is 55.5 Å². The first-order valence-corrected chi connectivity index (χ1v) is 13.0. The van der Waals surface area contributed by atoms with E-state index in [1.165, 1.54) is 24.3 Å². The lowest BCUT2D eigenvalue weighted by molar-refractivity contribution is -0.112. The minimum absolute atomic E-state index is 0.0914. The van der Waals surface area contributed by atoms with Crippen LogP contribution in [0.4, 0.5) is 5.69 Å². The number of halogens is 1. The van der Waals surface area contributed by atoms with Crippen LogP contribution in [0.2, 0.25) is 5.02 Å². The first-order chi connectivity index (χ1) is 19.4. The van der Waals surface area contributed by atoms with Crippen LogP contribution >= 0.6 is 11.6 Å². The average Bonchev–Trinajstić information content (AvgIpc) is 2.97. The molecule has 0 atom stereocenters. The van der Waals surface area contributed by atoms with E-state index in [4.69, 9.17) is 25.8 Å². The minimum atomic E-state index is -0.550. The summed E-state index contributed by atoms with van der Waals surface area (Å²) < 4.78 is 17.3. The smallest absolute Gasteiger partial charge is 0.266 e. The molecule has 0 aliphatic carbocycles. The SMILES string of the molecule is COc1cc(/C=C(\C#N)C(=O)Nc2ccc(OCc3ccccc3)cc2)cc(Cl)c1OCc1ccc(C)c(C)c1. The molecule has 4 aromatic carbocycles. The molecule has 7 heteroatoms. The van der Waals surface area contributed by atoms with Crippen molar-refractivity contribution in [1.82, 2.24) is 0 Å². The fraction of sp³-hybridized carbons (Fsp3) is 0.152. The molecule has 0 heterocycles. The van der Waals surface area contributed by atoms with Crippen LogP contribution in [-0.2, 0) is 18.0 Å². The Morgan fingerprint density at radius 3 is 2.30 bits per heavy atom. The summed E-state index contributed by atoms with van der Waals surface area (Å²) in [6, 6.07) is 28.2. The van der Waals surface area contributed by atoms with Crippen molar-refractivity contribution >= 4 is 29.3 Å². The zero-order valence-corrected chi connectivity index (χ0v) is 23.3. The van der Waals surface area contributed by atoms with Crippen LogP contribution in [-0.4, -0.2) is 13.0 Å². The summed E-state index contributed by atoms with van der Waals surface area (Å²) in [6.07, 6.45) is 1.45. The van der Waals surface area contributed by atoms with Crippen molar-refractivity contribution in [3.63, 3.8) is 0 Å². The van der Waals surface area contributed by atoms with Gasteiger partial charge in [0.25, 0.3) is 5.91 Å². The van der Waals surface area contributed by atoms with Crippen molar-refractivity contribution in [3.8, 4) is 23.3 Å². The summed E-state index contributed by atoms with van der Waals surface area (Å²) in [5.41, 5.74) is 5.41. The van der Waals surface area contributed by atoms with Crippen molar-refractivity contribution in [2.45, 2.75) is 27.1 Å². The van der Waals surface area contributed by atoms with E-state index in [-0.39, 0.29) is 5.57 Å². The number of amides is 1. The number of aryl methyl sites for hydroxylation is 2. The first kappa shape index (κ1) is 28.3. The van der Waals surface area contributed by atoms with Gasteiger partial charge in [0.15, 0.2) is 11.5 Å². The number of carbonyl (C=O) groups is 1. The van der Waals surface area contributed by atoms with Gasteiger partial charge in [0.1, 0.15) is 30.6 Å². The number of carbonyl (C=O) groups excluding carboxylic acids is 1. The Balaban J connectivity index is 1.42. The number of benzene rings is 4. The lowest BCUT2D eigenvalue weighted by atomic mass is 10.1. The molecule has 0 fully saturated rings. The fourth-order valence-electron chi connectivity index (χ4n) is 3.90. The molecule has 0 aliphatic heterocycles. The minimum Gasteiger partial charge on any atom is -0.493 e. The van der Waals surface area contributed by atoms with Gasteiger partial charge in [-0.1, -0.05) is 60.1 Å². The Hall–Kier alpha value is -4.73. The summed E-state index contributed by atoms with van der Waals surface area (Å²) in [5.74, 6) is 0.897. The summed E-state index contributed by atoms with van der Waals surface area (Å²) in [5, 5.41) is 12.7. The zero-order valence-electron chi connectivity index (χ0n) is 22.5. The highest BCUT2D eigenvalue weighted by atomic mass is 35.5. The molecule has 1 amide bonds. The summed E-state index contributed by atoms with van der Waals surface area (Å²) in [4.78, 5) is 12.8. The Labute approximate surface area is 239 Å². The molecular formula is C33H29ClN2O4. The van der Waals surface area contributed by atoms with Crippen molar-refractivity contribution in [1.29, 1.82) is 5.26 Å². The molecule has 4 rings (SSSR count). The number of hydrogen-bond acceptors (Lipinski definition) is 5. The fourth-order valence-corrected chi connectivity index (χ4v) is 4.17. The molecule has 0 bridgehead atoms. The summed E-state index contributed by atoms with van der Waals surface area (Å²) >= 11 is 6.52. The number of anilines is 1. The van der Waals surface area contributed by atoms with Crippen LogP contribution in [0.15, 0.2) is 90.5 Å². The second-order valence-electron chi connectivity index (χ2n) is 9.16. The van der Waals surface area contributed by atoms with Crippen molar-refractivity contribution in [2.24, 2.45) is 0 Å². The van der Waals surface area contributed by atoms with E-state index in [0.29, 0.717) is 46.7 Å². The molecule has 0 unspecified atom stereocenters. The van der Waals surface area contributed by atoms with E-state index in [2.05, 4.69) is 18.3 Å². The van der Waals surface area contributed by atoms with Crippen LogP contribution in [0, 0.1) is 25.2 Å². The highest BCUT2D eigenvalue weighted by Gasteiger charge is 2.15. The molecule has 4 aromatic rings. The first-order valence-electron chi connectivity index (χ1n) is 12.6. The topological polar surface area (TPSA) is 80.6 Å². The van der Waals surface area contributed by atoms with Gasteiger partial charge >= 0.3 is 0 Å². The predicted molar refractivity (Wildman–Crippen MR) is 158 cm³/mol. The maximum absolute atomic E-state index is 12.8. The number of ether oxygens (including phenoxy) is 3. The number of nitrogens with zero attached hydrogens (tertiary/aromatic N) is 1. The number of rotatable bonds is 10. The second kappa shape index (κ2) is 13.4. The number of hydrogen-bond donors (Lipinski definition) is 1. The molecule has 0 spiro atoms. The standard InChI is InChI=1S/C33H29ClN2O4/c1-22-9-10-25(15-23(22)2)21-40-32-30(34)17-26(18-31(32)38-3)16-27(19-35)33(37)36-28-11-13-29(14-12-28)39-20-24-7-5-4-6-8-24/h4-18H,20-21H2,1-3H3,(H,36,37)/b27-16+. The third-order valence-corrected chi connectivity index (χ3v) is 6.52. The van der Waals surface area contributed by atoms with Gasteiger partial charge in [0, 0.05) is 5.69 Å². The Kier molecular flexibility index (Phi) is 9.45. The van der Waals surface area contributed by atoms with Crippen LogP contribution in [0.3, 0.4) is 0 Å². The third kappa shape index (κ3) is 7.43. The highest BCUT2D eigenvalue weighted by molar-refractivity contribution is 6.32. The van der Waals surface area contributed by atoms with Crippen LogP contribution in [0.1, 0.15) is 27.8 Å². The van der Waals surface area contributed by atoms with Gasteiger partial charge < -0.3 is 19.5 Å². The highest BCUT2D eigenvalue weighted by Crippen LogP contribution is 2.37. The molecule has 6 nitrogen and oxygen atoms in total. The molecular weight excluding hydrogens is 524 g/mol. The second-order valence-corrected chi connectivity index (χ2v) is 9.57. The number of nitriles is 1. The monoisotopic (exact) mass is 552 g/mol. The molecule has 0 saturated carbocycles. The van der Waals surface area contributed by atoms with Crippen molar-refractivity contribution in [2.75, 3.05) is 12.4 Å². The lowest BCUT2D eigenvalue weighted by Gasteiger charge is -2.14. The van der Waals surface area contributed by atoms with Crippen molar-refractivity contribution in [3.05, 3.63) is 123 Å². The van der Waals surface area contributed by atoms with Gasteiger partial charge in [-0.3, -0.25) is 4.79 Å². The molecule has 0 radical (unpaired) electrons. The quantitative estimate of drug-likeness (QED) is 0.161. The summed E-state index contributed by atoms with van der Waals surface area (Å²) in [7, 11) is 1.51. The molecule has 0 aliphatic rings. The predicted octanol–water partition coefficient (Wildman–Crippen LogP) is 7.67. The van der Waals surface area contributed by atoms with E-state index in [1.54, 1.807) is 36.4 Å². The molecule has 1 N–H and O–H groups in total. The number of nitrogens with one attached hydrogen (secondary N) is 1. The maximum Gasteiger partial charge on any atom is 0.266 e. The Morgan fingerprint density at radius 2 is 1.62 bits per heavy atom. The van der Waals surface area contributed by atoms with E-state index in [9.17, 15) is 10.1 Å². The molecule has 0 saturated heterocycles. The van der Waals surface area contributed by atoms with Gasteiger partial charge in [-0.05, 0) is 84.1 Å². The van der Waals surface area contributed by atoms with Gasteiger partial charge in [-0.2, -0.15) is 5.26 Å². The largest absolute Gasteiger partial charge is 0.493 e. The van der Waals surface area contributed by atoms with Gasteiger partial charge in [0.05, 0.1) is 12.1 Å². The van der Waals surface area contributed by atoms with Crippen LogP contribution in [0.25, 0.3) is 6.08 Å². The normalized spacial score (nSPS) is 10.9. The van der Waals surface area contributed by atoms with E-state index in [0.717, 1.165) is 11.1 Å². The molecule has 0 aromatic heterocycles. The van der Waals surface area contributed by atoms with Gasteiger partial charge in [0.2, 0.25) is 0 Å². The van der Waals surface area contributed by atoms with Crippen LogP contribution in [0.5, 0.6) is 17.2 Å². The van der Waals surface area contributed by atoms with Gasteiger partial charge in [-0.25, -0.2) is 0 Å². The van der Waals surface area contributed by atoms with E-state index >= 15 is 0 Å². The average molecular weight is 553 g/mol. The maximum atomic E-state index is 12.8. The van der Waals surface area contributed by atoms with Crippen molar-refractivity contribution < 1.29 is 19.0 Å². The lowest BCUT2D eigenvalue weighted by Crippen LogP contribution is -2.13. The van der Waals surface area contributed by atoms with Gasteiger partial charge in [-0.15, -0.1) is 0 Å². The number of methoxy groups -OCH3 is 1.